The summed E-state index contributed by atoms with van der Waals surface area (Å²) in [5.74, 6) is -0.287. The quantitative estimate of drug-likeness (QED) is 0.617. The lowest BCUT2D eigenvalue weighted by atomic mass is 9.98. The first kappa shape index (κ1) is 21.9. The van der Waals surface area contributed by atoms with Crippen molar-refractivity contribution in [3.05, 3.63) is 35.4 Å². The molecule has 0 aromatic heterocycles. The SMILES string of the molecule is Cc1ccc(CN(CC(=O)NCCCOC2CCCCC2)S(C)(=O)=O)cc1. The van der Waals surface area contributed by atoms with E-state index in [4.69, 9.17) is 4.74 Å². The van der Waals surface area contributed by atoms with E-state index in [1.807, 2.05) is 31.2 Å². The Morgan fingerprint density at radius 2 is 1.85 bits per heavy atom. The summed E-state index contributed by atoms with van der Waals surface area (Å²) in [5, 5.41) is 2.79. The molecule has 0 aliphatic heterocycles. The number of ether oxygens (including phenoxy) is 1. The lowest BCUT2D eigenvalue weighted by Crippen LogP contribution is -2.40. The molecule has 1 aliphatic carbocycles. The number of carbonyl (C=O) groups excluding carboxylic acids is 1. The zero-order valence-corrected chi connectivity index (χ0v) is 17.3. The highest BCUT2D eigenvalue weighted by molar-refractivity contribution is 7.88. The molecule has 1 aliphatic rings. The highest BCUT2D eigenvalue weighted by Gasteiger charge is 2.20. The van der Waals surface area contributed by atoms with Crippen LogP contribution in [0.15, 0.2) is 24.3 Å². The Morgan fingerprint density at radius 3 is 2.48 bits per heavy atom. The highest BCUT2D eigenvalue weighted by Crippen LogP contribution is 2.20. The molecule has 2 rings (SSSR count). The molecular weight excluding hydrogens is 364 g/mol. The predicted molar refractivity (Wildman–Crippen MR) is 107 cm³/mol. The standard InChI is InChI=1S/C20H32N2O4S/c1-17-9-11-18(12-10-17)15-22(27(2,24)25)16-20(23)21-13-6-14-26-19-7-4-3-5-8-19/h9-12,19H,3-8,13-16H2,1-2H3,(H,21,23). The van der Waals surface area contributed by atoms with Gasteiger partial charge in [-0.1, -0.05) is 49.1 Å². The molecule has 1 amide bonds. The zero-order valence-electron chi connectivity index (χ0n) is 16.4. The van der Waals surface area contributed by atoms with Crippen LogP contribution >= 0.6 is 0 Å². The van der Waals surface area contributed by atoms with Crippen LogP contribution in [0.25, 0.3) is 0 Å². The third-order valence-corrected chi connectivity index (χ3v) is 6.01. The second kappa shape index (κ2) is 10.8. The van der Waals surface area contributed by atoms with Gasteiger partial charge in [-0.25, -0.2) is 8.42 Å². The van der Waals surface area contributed by atoms with E-state index < -0.39 is 10.0 Å². The Balaban J connectivity index is 1.72. The van der Waals surface area contributed by atoms with E-state index in [1.54, 1.807) is 0 Å². The van der Waals surface area contributed by atoms with Gasteiger partial charge in [-0.2, -0.15) is 4.31 Å². The van der Waals surface area contributed by atoms with Crippen molar-refractivity contribution in [1.82, 2.24) is 9.62 Å². The lowest BCUT2D eigenvalue weighted by Gasteiger charge is -2.22. The lowest BCUT2D eigenvalue weighted by molar-refractivity contribution is -0.121. The maximum Gasteiger partial charge on any atom is 0.235 e. The number of aryl methyl sites for hydroxylation is 1. The normalized spacial score (nSPS) is 15.8. The number of hydrogen-bond acceptors (Lipinski definition) is 4. The van der Waals surface area contributed by atoms with E-state index in [1.165, 1.54) is 23.6 Å². The van der Waals surface area contributed by atoms with Crippen LogP contribution in [-0.2, 0) is 26.1 Å². The Labute approximate surface area is 163 Å². The summed E-state index contributed by atoms with van der Waals surface area (Å²) >= 11 is 0. The maximum absolute atomic E-state index is 12.2. The summed E-state index contributed by atoms with van der Waals surface area (Å²) in [5.41, 5.74) is 1.97. The first-order valence-corrected chi connectivity index (χ1v) is 11.6. The third-order valence-electron chi connectivity index (χ3n) is 4.82. The molecule has 6 nitrogen and oxygen atoms in total. The Bertz CT molecular complexity index is 682. The number of hydrogen-bond donors (Lipinski definition) is 1. The number of rotatable bonds is 10. The average Bonchev–Trinajstić information content (AvgIpc) is 2.63. The molecule has 0 saturated heterocycles. The summed E-state index contributed by atoms with van der Waals surface area (Å²) in [6, 6.07) is 7.63. The Hall–Kier alpha value is -1.44. The largest absolute Gasteiger partial charge is 0.378 e. The second-order valence-corrected chi connectivity index (χ2v) is 9.33. The van der Waals surface area contributed by atoms with Gasteiger partial charge in [-0.15, -0.1) is 0 Å². The van der Waals surface area contributed by atoms with Crippen molar-refractivity contribution in [3.63, 3.8) is 0 Å². The molecule has 1 N–H and O–H groups in total. The van der Waals surface area contributed by atoms with Crippen molar-refractivity contribution in [3.8, 4) is 0 Å². The first-order valence-electron chi connectivity index (χ1n) is 9.73. The van der Waals surface area contributed by atoms with Gasteiger partial charge in [0.2, 0.25) is 15.9 Å². The molecule has 1 aromatic rings. The van der Waals surface area contributed by atoms with E-state index >= 15 is 0 Å². The molecule has 0 bridgehead atoms. The molecule has 0 spiro atoms. The fraction of sp³-hybridized carbons (Fsp3) is 0.650. The molecule has 0 atom stereocenters. The minimum atomic E-state index is -3.47. The Morgan fingerprint density at radius 1 is 1.19 bits per heavy atom. The van der Waals surface area contributed by atoms with Crippen molar-refractivity contribution in [2.45, 2.75) is 58.1 Å². The molecule has 0 radical (unpaired) electrons. The van der Waals surface area contributed by atoms with Crippen LogP contribution in [0.5, 0.6) is 0 Å². The van der Waals surface area contributed by atoms with Crippen molar-refractivity contribution in [2.75, 3.05) is 26.0 Å². The summed E-state index contributed by atoms with van der Waals surface area (Å²) in [7, 11) is -3.47. The van der Waals surface area contributed by atoms with E-state index in [9.17, 15) is 13.2 Å². The summed E-state index contributed by atoms with van der Waals surface area (Å²) in [6.45, 7) is 3.12. The van der Waals surface area contributed by atoms with Gasteiger partial charge in [0.05, 0.1) is 18.9 Å². The van der Waals surface area contributed by atoms with Crippen LogP contribution in [0.4, 0.5) is 0 Å². The van der Waals surface area contributed by atoms with Crippen molar-refractivity contribution in [1.29, 1.82) is 0 Å². The maximum atomic E-state index is 12.2. The van der Waals surface area contributed by atoms with Gasteiger partial charge in [-0.3, -0.25) is 4.79 Å². The van der Waals surface area contributed by atoms with Gasteiger partial charge in [0.25, 0.3) is 0 Å². The zero-order chi connectivity index (χ0) is 19.7. The van der Waals surface area contributed by atoms with Gasteiger partial charge < -0.3 is 10.1 Å². The Kier molecular flexibility index (Phi) is 8.73. The van der Waals surface area contributed by atoms with Crippen LogP contribution in [0.2, 0.25) is 0 Å². The van der Waals surface area contributed by atoms with Crippen molar-refractivity contribution >= 4 is 15.9 Å². The van der Waals surface area contributed by atoms with Crippen LogP contribution in [-0.4, -0.2) is 50.7 Å². The van der Waals surface area contributed by atoms with Crippen LogP contribution in [0, 0.1) is 6.92 Å². The summed E-state index contributed by atoms with van der Waals surface area (Å²) < 4.78 is 31.1. The molecule has 1 saturated carbocycles. The van der Waals surface area contributed by atoms with Gasteiger partial charge in [-0.05, 0) is 31.7 Å². The summed E-state index contributed by atoms with van der Waals surface area (Å²) in [6.07, 6.45) is 8.28. The highest BCUT2D eigenvalue weighted by atomic mass is 32.2. The fourth-order valence-electron chi connectivity index (χ4n) is 3.19. The minimum absolute atomic E-state index is 0.170. The molecule has 7 heteroatoms. The number of sulfonamides is 1. The fourth-order valence-corrected chi connectivity index (χ4v) is 3.92. The molecule has 0 heterocycles. The van der Waals surface area contributed by atoms with Crippen LogP contribution < -0.4 is 5.32 Å². The van der Waals surface area contributed by atoms with Gasteiger partial charge in [0.1, 0.15) is 0 Å². The molecule has 152 valence electrons. The number of carbonyl (C=O) groups is 1. The van der Waals surface area contributed by atoms with Crippen LogP contribution in [0.1, 0.15) is 49.7 Å². The minimum Gasteiger partial charge on any atom is -0.378 e. The monoisotopic (exact) mass is 396 g/mol. The van der Waals surface area contributed by atoms with Gasteiger partial charge in [0, 0.05) is 19.7 Å². The number of amides is 1. The molecular formula is C20H32N2O4S. The number of nitrogens with one attached hydrogen (secondary N) is 1. The molecule has 1 aromatic carbocycles. The van der Waals surface area contributed by atoms with E-state index in [0.717, 1.165) is 36.6 Å². The van der Waals surface area contributed by atoms with Gasteiger partial charge >= 0.3 is 0 Å². The molecule has 1 fully saturated rings. The third kappa shape index (κ3) is 8.41. The smallest absolute Gasteiger partial charge is 0.235 e. The van der Waals surface area contributed by atoms with Crippen LogP contribution in [0.3, 0.4) is 0 Å². The average molecular weight is 397 g/mol. The summed E-state index contributed by atoms with van der Waals surface area (Å²) in [4.78, 5) is 12.2. The predicted octanol–water partition coefficient (Wildman–Crippen LogP) is 2.61. The molecule has 0 unspecified atom stereocenters. The van der Waals surface area contributed by atoms with E-state index in [0.29, 0.717) is 19.3 Å². The number of nitrogens with zero attached hydrogens (tertiary/aromatic N) is 1. The first-order chi connectivity index (χ1) is 12.8. The topological polar surface area (TPSA) is 75.7 Å². The van der Waals surface area contributed by atoms with Gasteiger partial charge in [0.15, 0.2) is 0 Å². The number of benzene rings is 1. The van der Waals surface area contributed by atoms with Crippen molar-refractivity contribution < 1.29 is 17.9 Å². The van der Waals surface area contributed by atoms with Crippen molar-refractivity contribution in [2.24, 2.45) is 0 Å². The second-order valence-electron chi connectivity index (χ2n) is 7.35. The van der Waals surface area contributed by atoms with E-state index in [2.05, 4.69) is 5.32 Å². The van der Waals surface area contributed by atoms with E-state index in [-0.39, 0.29) is 19.0 Å². The molecule has 27 heavy (non-hydrogen) atoms.